The fraction of sp³-hybridized carbons (Fsp3) is 0.250. The molecule has 0 aliphatic rings. The quantitative estimate of drug-likeness (QED) is 0.568. The zero-order chi connectivity index (χ0) is 19.2. The Bertz CT molecular complexity index is 881. The second kappa shape index (κ2) is 9.01. The summed E-state index contributed by atoms with van der Waals surface area (Å²) >= 11 is 2.88. The van der Waals surface area contributed by atoms with E-state index in [0.29, 0.717) is 0 Å². The van der Waals surface area contributed by atoms with Crippen LogP contribution in [0.3, 0.4) is 0 Å². The Kier molecular flexibility index (Phi) is 6.47. The van der Waals surface area contributed by atoms with E-state index >= 15 is 0 Å². The summed E-state index contributed by atoms with van der Waals surface area (Å²) in [6, 6.07) is 17.9. The Morgan fingerprint density at radius 2 is 1.85 bits per heavy atom. The van der Waals surface area contributed by atoms with Crippen LogP contribution in [0.1, 0.15) is 19.4 Å². The van der Waals surface area contributed by atoms with Crippen molar-refractivity contribution in [1.29, 1.82) is 0 Å². The minimum Gasteiger partial charge on any atom is -0.330 e. The van der Waals surface area contributed by atoms with E-state index in [9.17, 15) is 4.79 Å². The number of aromatic nitrogens is 2. The first-order chi connectivity index (χ1) is 13.1. The molecule has 0 fully saturated rings. The zero-order valence-electron chi connectivity index (χ0n) is 15.5. The summed E-state index contributed by atoms with van der Waals surface area (Å²) < 4.78 is 0.769. The second-order valence-electron chi connectivity index (χ2n) is 6.04. The van der Waals surface area contributed by atoms with Crippen LogP contribution in [0.2, 0.25) is 0 Å². The molecular weight excluding hydrogens is 376 g/mol. The van der Waals surface area contributed by atoms with Crippen molar-refractivity contribution in [2.75, 3.05) is 17.3 Å². The third kappa shape index (κ3) is 5.08. The normalized spacial score (nSPS) is 11.8. The molecule has 7 heteroatoms. The Hall–Kier alpha value is -2.38. The maximum absolute atomic E-state index is 12.7. The molecule has 1 aromatic heterocycles. The van der Waals surface area contributed by atoms with Crippen LogP contribution < -0.4 is 10.2 Å². The lowest BCUT2D eigenvalue weighted by Crippen LogP contribution is -2.33. The van der Waals surface area contributed by atoms with Crippen LogP contribution in [0.25, 0.3) is 0 Å². The molecule has 0 bridgehead atoms. The third-order valence-corrected chi connectivity index (χ3v) is 6.13. The van der Waals surface area contributed by atoms with Crippen molar-refractivity contribution in [3.63, 3.8) is 0 Å². The van der Waals surface area contributed by atoms with E-state index in [2.05, 4.69) is 34.6 Å². The van der Waals surface area contributed by atoms with Gasteiger partial charge in [0.15, 0.2) is 4.34 Å². The summed E-state index contributed by atoms with van der Waals surface area (Å²) in [5, 5.41) is 12.1. The Labute approximate surface area is 167 Å². The summed E-state index contributed by atoms with van der Waals surface area (Å²) in [7, 11) is 1.79. The van der Waals surface area contributed by atoms with Crippen molar-refractivity contribution < 1.29 is 4.79 Å². The van der Waals surface area contributed by atoms with E-state index in [1.807, 2.05) is 49.4 Å². The fourth-order valence-electron chi connectivity index (χ4n) is 2.51. The van der Waals surface area contributed by atoms with E-state index in [-0.39, 0.29) is 11.2 Å². The summed E-state index contributed by atoms with van der Waals surface area (Å²) in [6.07, 6.45) is 1.02. The van der Waals surface area contributed by atoms with Gasteiger partial charge in [0, 0.05) is 18.4 Å². The molecule has 0 aliphatic carbocycles. The van der Waals surface area contributed by atoms with Crippen LogP contribution in [0.5, 0.6) is 0 Å². The Morgan fingerprint density at radius 3 is 2.52 bits per heavy atom. The number of hydrogen-bond acceptors (Lipinski definition) is 6. The molecule has 0 saturated carbocycles. The van der Waals surface area contributed by atoms with Crippen LogP contribution in [-0.2, 0) is 11.2 Å². The average molecular weight is 399 g/mol. The van der Waals surface area contributed by atoms with Crippen LogP contribution in [0, 0.1) is 0 Å². The molecular formula is C20H22N4OS2. The minimum atomic E-state index is -0.250. The van der Waals surface area contributed by atoms with Crippen molar-refractivity contribution in [1.82, 2.24) is 10.2 Å². The van der Waals surface area contributed by atoms with E-state index < -0.39 is 0 Å². The highest BCUT2D eigenvalue weighted by Gasteiger charge is 2.21. The van der Waals surface area contributed by atoms with Gasteiger partial charge in [-0.3, -0.25) is 4.79 Å². The number of carbonyl (C=O) groups excluding carboxylic acids is 1. The van der Waals surface area contributed by atoms with Crippen molar-refractivity contribution in [2.24, 2.45) is 0 Å². The molecule has 1 atom stereocenters. The van der Waals surface area contributed by atoms with Gasteiger partial charge in [0.2, 0.25) is 11.0 Å². The van der Waals surface area contributed by atoms with Gasteiger partial charge >= 0.3 is 0 Å². The number of anilines is 3. The van der Waals surface area contributed by atoms with Crippen LogP contribution in [0.15, 0.2) is 58.9 Å². The van der Waals surface area contributed by atoms with Gasteiger partial charge in [0.25, 0.3) is 0 Å². The maximum Gasteiger partial charge on any atom is 0.240 e. The highest BCUT2D eigenvalue weighted by Crippen LogP contribution is 2.31. The summed E-state index contributed by atoms with van der Waals surface area (Å²) in [5.41, 5.74) is 3.15. The predicted molar refractivity (Wildman–Crippen MR) is 114 cm³/mol. The third-order valence-electron chi connectivity index (χ3n) is 4.12. The maximum atomic E-state index is 12.7. The van der Waals surface area contributed by atoms with Crippen molar-refractivity contribution in [2.45, 2.75) is 29.9 Å². The number of thioether (sulfide) groups is 1. The van der Waals surface area contributed by atoms with Gasteiger partial charge < -0.3 is 10.2 Å². The number of hydrogen-bond donors (Lipinski definition) is 1. The van der Waals surface area contributed by atoms with E-state index in [4.69, 9.17) is 0 Å². The molecule has 0 spiro atoms. The van der Waals surface area contributed by atoms with E-state index in [1.54, 1.807) is 11.9 Å². The fourth-order valence-corrected chi connectivity index (χ4v) is 4.52. The molecule has 0 aliphatic heterocycles. The topological polar surface area (TPSA) is 58.1 Å². The van der Waals surface area contributed by atoms with E-state index in [0.717, 1.165) is 27.3 Å². The molecule has 5 nitrogen and oxygen atoms in total. The summed E-state index contributed by atoms with van der Waals surface area (Å²) in [4.78, 5) is 14.3. The van der Waals surface area contributed by atoms with Gasteiger partial charge in [0.1, 0.15) is 0 Å². The number of rotatable bonds is 7. The molecule has 1 heterocycles. The number of nitrogens with one attached hydrogen (secondary N) is 1. The summed E-state index contributed by atoms with van der Waals surface area (Å²) in [5.74, 6) is 0.0334. The largest absolute Gasteiger partial charge is 0.330 e. The molecule has 1 N–H and O–H groups in total. The molecule has 0 saturated heterocycles. The smallest absolute Gasteiger partial charge is 0.240 e. The number of amides is 1. The lowest BCUT2D eigenvalue weighted by Gasteiger charge is -2.20. The van der Waals surface area contributed by atoms with Gasteiger partial charge in [-0.25, -0.2) is 0 Å². The highest BCUT2D eigenvalue weighted by atomic mass is 32.2. The van der Waals surface area contributed by atoms with Crippen molar-refractivity contribution in [3.05, 3.63) is 60.2 Å². The van der Waals surface area contributed by atoms with Crippen molar-refractivity contribution >= 4 is 45.5 Å². The lowest BCUT2D eigenvalue weighted by molar-refractivity contribution is -0.117. The van der Waals surface area contributed by atoms with Crippen LogP contribution >= 0.6 is 23.1 Å². The Balaban J connectivity index is 1.60. The molecule has 3 rings (SSSR count). The highest BCUT2D eigenvalue weighted by molar-refractivity contribution is 8.02. The van der Waals surface area contributed by atoms with Gasteiger partial charge in [-0.2, -0.15) is 0 Å². The molecule has 0 radical (unpaired) electrons. The van der Waals surface area contributed by atoms with Gasteiger partial charge in [0.05, 0.1) is 5.25 Å². The molecule has 1 amide bonds. The summed E-state index contributed by atoms with van der Waals surface area (Å²) in [6.45, 7) is 4.03. The number of carbonyl (C=O) groups is 1. The number of nitrogens with zero attached hydrogens (tertiary/aromatic N) is 3. The standard InChI is InChI=1S/C20H22N4OS2/c1-4-15-10-12-16(13-11-15)21-19-22-23-20(27-19)26-14(2)18(25)24(3)17-8-6-5-7-9-17/h5-14H,4H2,1-3H3,(H,21,22)/t14-/m0/s1. The second-order valence-corrected chi connectivity index (χ2v) is 8.61. The van der Waals surface area contributed by atoms with Crippen molar-refractivity contribution in [3.8, 4) is 0 Å². The molecule has 27 heavy (non-hydrogen) atoms. The first-order valence-electron chi connectivity index (χ1n) is 8.75. The zero-order valence-corrected chi connectivity index (χ0v) is 17.2. The first-order valence-corrected chi connectivity index (χ1v) is 10.4. The number of aryl methyl sites for hydroxylation is 1. The van der Waals surface area contributed by atoms with Gasteiger partial charge in [-0.1, -0.05) is 60.4 Å². The monoisotopic (exact) mass is 398 g/mol. The van der Waals surface area contributed by atoms with Crippen LogP contribution in [-0.4, -0.2) is 28.4 Å². The SMILES string of the molecule is CCc1ccc(Nc2nnc(S[C@@H](C)C(=O)N(C)c3ccccc3)s2)cc1. The van der Waals surface area contributed by atoms with E-state index in [1.165, 1.54) is 28.7 Å². The average Bonchev–Trinajstić information content (AvgIpc) is 3.14. The molecule has 2 aromatic carbocycles. The number of benzene rings is 2. The lowest BCUT2D eigenvalue weighted by atomic mass is 10.1. The molecule has 0 unspecified atom stereocenters. The van der Waals surface area contributed by atoms with Gasteiger partial charge in [-0.05, 0) is 43.2 Å². The predicted octanol–water partition coefficient (Wildman–Crippen LogP) is 4.99. The first kappa shape index (κ1) is 19.4. The number of para-hydroxylation sites is 1. The minimum absolute atomic E-state index is 0.0334. The van der Waals surface area contributed by atoms with Gasteiger partial charge in [-0.15, -0.1) is 10.2 Å². The molecule has 140 valence electrons. The molecule has 3 aromatic rings. The van der Waals surface area contributed by atoms with Crippen LogP contribution in [0.4, 0.5) is 16.5 Å². The Morgan fingerprint density at radius 1 is 1.15 bits per heavy atom.